The molecule has 2 aromatic rings. The first-order valence-corrected chi connectivity index (χ1v) is 9.72. The number of hydrogen-bond donors (Lipinski definition) is 1. The quantitative estimate of drug-likeness (QED) is 0.912. The van der Waals surface area contributed by atoms with Crippen molar-refractivity contribution in [2.24, 2.45) is 0 Å². The zero-order valence-corrected chi connectivity index (χ0v) is 15.1. The van der Waals surface area contributed by atoms with Crippen molar-refractivity contribution in [3.63, 3.8) is 0 Å². The van der Waals surface area contributed by atoms with Gasteiger partial charge in [0.1, 0.15) is 5.75 Å². The van der Waals surface area contributed by atoms with Crippen molar-refractivity contribution in [1.82, 2.24) is 0 Å². The maximum atomic E-state index is 12.7. The molecule has 0 fully saturated rings. The molecule has 1 atom stereocenters. The van der Waals surface area contributed by atoms with Crippen molar-refractivity contribution in [2.75, 3.05) is 22.4 Å². The Hall–Kier alpha value is -2.54. The van der Waals surface area contributed by atoms with Crippen LogP contribution in [0.25, 0.3) is 0 Å². The molecular formula is C18H20N2O4S. The third-order valence-electron chi connectivity index (χ3n) is 4.08. The molecule has 0 bridgehead atoms. The minimum Gasteiger partial charge on any atom is -0.476 e. The molecule has 0 radical (unpaired) electrons. The molecule has 0 aliphatic carbocycles. The number of hydrogen-bond acceptors (Lipinski definition) is 4. The largest absolute Gasteiger partial charge is 0.476 e. The number of ether oxygens (including phenoxy) is 1. The first-order valence-electron chi connectivity index (χ1n) is 7.87. The fourth-order valence-corrected chi connectivity index (χ4v) is 3.65. The number of amides is 1. The van der Waals surface area contributed by atoms with E-state index < -0.39 is 16.1 Å². The van der Waals surface area contributed by atoms with E-state index in [1.54, 1.807) is 24.3 Å². The van der Waals surface area contributed by atoms with Crippen LogP contribution in [0.2, 0.25) is 0 Å². The molecule has 2 aromatic carbocycles. The number of sulfonamides is 1. The van der Waals surface area contributed by atoms with Crippen LogP contribution >= 0.6 is 0 Å². The van der Waals surface area contributed by atoms with Crippen molar-refractivity contribution in [3.8, 4) is 5.75 Å². The molecule has 0 spiro atoms. The number of carbonyl (C=O) groups is 1. The van der Waals surface area contributed by atoms with Crippen LogP contribution in [0.1, 0.15) is 11.1 Å². The number of nitrogens with one attached hydrogen (secondary N) is 1. The summed E-state index contributed by atoms with van der Waals surface area (Å²) in [7, 11) is -3.52. The molecule has 7 heteroatoms. The third kappa shape index (κ3) is 3.61. The lowest BCUT2D eigenvalue weighted by molar-refractivity contribution is -0.122. The van der Waals surface area contributed by atoms with Crippen LogP contribution in [0.15, 0.2) is 42.5 Å². The highest BCUT2D eigenvalue weighted by atomic mass is 32.2. The van der Waals surface area contributed by atoms with Crippen molar-refractivity contribution >= 4 is 27.3 Å². The molecule has 0 aromatic heterocycles. The molecule has 0 saturated heterocycles. The zero-order chi connectivity index (χ0) is 18.2. The Morgan fingerprint density at radius 2 is 1.92 bits per heavy atom. The summed E-state index contributed by atoms with van der Waals surface area (Å²) in [4.78, 5) is 12.7. The summed E-state index contributed by atoms with van der Waals surface area (Å²) in [6.45, 7) is 3.77. The lowest BCUT2D eigenvalue weighted by Gasteiger charge is -2.33. The van der Waals surface area contributed by atoms with E-state index >= 15 is 0 Å². The minimum absolute atomic E-state index is 0.0630. The van der Waals surface area contributed by atoms with E-state index in [2.05, 4.69) is 5.32 Å². The van der Waals surface area contributed by atoms with Crippen molar-refractivity contribution in [3.05, 3.63) is 53.6 Å². The summed E-state index contributed by atoms with van der Waals surface area (Å²) >= 11 is 0. The van der Waals surface area contributed by atoms with Gasteiger partial charge in [0.2, 0.25) is 10.0 Å². The van der Waals surface area contributed by atoms with E-state index in [0.29, 0.717) is 17.1 Å². The van der Waals surface area contributed by atoms with Crippen LogP contribution in [0.4, 0.5) is 11.4 Å². The van der Waals surface area contributed by atoms with E-state index in [1.165, 1.54) is 4.31 Å². The summed E-state index contributed by atoms with van der Waals surface area (Å²) in [5.74, 6) is -0.00265. The van der Waals surface area contributed by atoms with Crippen molar-refractivity contribution in [2.45, 2.75) is 20.0 Å². The molecule has 25 heavy (non-hydrogen) atoms. The number of benzene rings is 2. The van der Waals surface area contributed by atoms with Gasteiger partial charge in [-0.15, -0.1) is 0 Å². The molecule has 6 nitrogen and oxygen atoms in total. The number of nitrogens with zero attached hydrogens (tertiary/aromatic N) is 1. The lowest BCUT2D eigenvalue weighted by atomic mass is 10.1. The number of fused-ring (bicyclic) bond motifs is 1. The second kappa shape index (κ2) is 6.40. The highest BCUT2D eigenvalue weighted by molar-refractivity contribution is 7.92. The van der Waals surface area contributed by atoms with Gasteiger partial charge in [-0.2, -0.15) is 0 Å². The SMILES string of the molecule is Cc1ccc(C)c(NC(=O)[C@H]2CN(S(C)(=O)=O)c3ccccc3O2)c1. The molecule has 0 saturated carbocycles. The smallest absolute Gasteiger partial charge is 0.267 e. The van der Waals surface area contributed by atoms with Gasteiger partial charge in [0.25, 0.3) is 5.91 Å². The van der Waals surface area contributed by atoms with E-state index in [1.807, 2.05) is 32.0 Å². The number of rotatable bonds is 3. The molecule has 1 aliphatic heterocycles. The maximum Gasteiger partial charge on any atom is 0.267 e. The highest BCUT2D eigenvalue weighted by Gasteiger charge is 2.34. The van der Waals surface area contributed by atoms with Crippen LogP contribution in [0, 0.1) is 13.8 Å². The highest BCUT2D eigenvalue weighted by Crippen LogP contribution is 2.34. The van der Waals surface area contributed by atoms with Gasteiger partial charge >= 0.3 is 0 Å². The van der Waals surface area contributed by atoms with E-state index in [0.717, 1.165) is 17.4 Å². The zero-order valence-electron chi connectivity index (χ0n) is 14.3. The molecule has 1 N–H and O–H groups in total. The topological polar surface area (TPSA) is 75.7 Å². The lowest BCUT2D eigenvalue weighted by Crippen LogP contribution is -2.48. The van der Waals surface area contributed by atoms with Crippen molar-refractivity contribution in [1.29, 1.82) is 0 Å². The normalized spacial score (nSPS) is 16.8. The average molecular weight is 360 g/mol. The first kappa shape index (κ1) is 17.3. The van der Waals surface area contributed by atoms with Gasteiger partial charge in [-0.25, -0.2) is 8.42 Å². The molecule has 1 amide bonds. The van der Waals surface area contributed by atoms with Crippen LogP contribution in [-0.2, 0) is 14.8 Å². The van der Waals surface area contributed by atoms with E-state index in [-0.39, 0.29) is 12.5 Å². The monoisotopic (exact) mass is 360 g/mol. The van der Waals surface area contributed by atoms with Crippen molar-refractivity contribution < 1.29 is 17.9 Å². The van der Waals surface area contributed by atoms with E-state index in [9.17, 15) is 13.2 Å². The minimum atomic E-state index is -3.52. The second-order valence-corrected chi connectivity index (χ2v) is 8.08. The predicted molar refractivity (Wildman–Crippen MR) is 97.6 cm³/mol. The van der Waals surface area contributed by atoms with E-state index in [4.69, 9.17) is 4.74 Å². The Morgan fingerprint density at radius 1 is 1.20 bits per heavy atom. The first-order chi connectivity index (χ1) is 11.8. The summed E-state index contributed by atoms with van der Waals surface area (Å²) in [6, 6.07) is 12.5. The van der Waals surface area contributed by atoms with Gasteiger partial charge in [0.05, 0.1) is 18.5 Å². The van der Waals surface area contributed by atoms with Gasteiger partial charge in [-0.3, -0.25) is 9.10 Å². The van der Waals surface area contributed by atoms with Gasteiger partial charge in [0, 0.05) is 5.69 Å². The van der Waals surface area contributed by atoms with Gasteiger partial charge in [-0.05, 0) is 43.2 Å². The Labute approximate surface area is 147 Å². The molecule has 132 valence electrons. The molecule has 1 heterocycles. The predicted octanol–water partition coefficient (Wildman–Crippen LogP) is 2.47. The third-order valence-corrected chi connectivity index (χ3v) is 5.22. The Kier molecular flexibility index (Phi) is 4.43. The second-order valence-electron chi connectivity index (χ2n) is 6.18. The van der Waals surface area contributed by atoms with Crippen LogP contribution in [0.3, 0.4) is 0 Å². The maximum absolute atomic E-state index is 12.7. The standard InChI is InChI=1S/C18H20N2O4S/c1-12-8-9-13(2)14(10-12)19-18(21)17-11-20(25(3,22)23)15-6-4-5-7-16(15)24-17/h4-10,17H,11H2,1-3H3,(H,19,21)/t17-/m1/s1. The van der Waals surface area contributed by atoms with Gasteiger partial charge < -0.3 is 10.1 Å². The fourth-order valence-electron chi connectivity index (χ4n) is 2.74. The molecular weight excluding hydrogens is 340 g/mol. The van der Waals surface area contributed by atoms with Crippen LogP contribution < -0.4 is 14.4 Å². The van der Waals surface area contributed by atoms with Gasteiger partial charge in [-0.1, -0.05) is 24.3 Å². The Bertz CT molecular complexity index is 924. The summed E-state index contributed by atoms with van der Waals surface area (Å²) in [6.07, 6.45) is 0.193. The van der Waals surface area contributed by atoms with Crippen LogP contribution in [-0.4, -0.2) is 33.2 Å². The van der Waals surface area contributed by atoms with Gasteiger partial charge in [0.15, 0.2) is 6.10 Å². The molecule has 0 unspecified atom stereocenters. The number of para-hydroxylation sites is 2. The molecule has 3 rings (SSSR count). The van der Waals surface area contributed by atoms with Crippen LogP contribution in [0.5, 0.6) is 5.75 Å². The summed E-state index contributed by atoms with van der Waals surface area (Å²) in [5.41, 5.74) is 3.09. The number of anilines is 2. The average Bonchev–Trinajstić information content (AvgIpc) is 2.56. The summed E-state index contributed by atoms with van der Waals surface area (Å²) in [5, 5.41) is 2.84. The number of aryl methyl sites for hydroxylation is 2. The Balaban J connectivity index is 1.88. The molecule has 1 aliphatic rings. The Morgan fingerprint density at radius 3 is 2.64 bits per heavy atom. The number of carbonyl (C=O) groups excluding carboxylic acids is 1. The fraction of sp³-hybridized carbons (Fsp3) is 0.278. The summed E-state index contributed by atoms with van der Waals surface area (Å²) < 4.78 is 31.2.